The predicted molar refractivity (Wildman–Crippen MR) is 36.8 cm³/mol. The number of hydrogen-bond donors (Lipinski definition) is 3. The fourth-order valence-electron chi connectivity index (χ4n) is 0.608. The molecule has 0 saturated carbocycles. The van der Waals surface area contributed by atoms with Crippen LogP contribution in [0, 0.1) is 0 Å². The second-order valence-electron chi connectivity index (χ2n) is 1.96. The predicted octanol–water partition coefficient (Wildman–Crippen LogP) is -0.569. The van der Waals surface area contributed by atoms with E-state index < -0.39 is 12.0 Å². The smallest absolute Gasteiger partial charge is 0.320 e. The van der Waals surface area contributed by atoms with E-state index in [4.69, 9.17) is 11.6 Å². The van der Waals surface area contributed by atoms with Gasteiger partial charge in [-0.25, -0.2) is 0 Å². The maximum atomic E-state index is 10.4. The van der Waals surface area contributed by atoms with Crippen LogP contribution in [0.3, 0.4) is 0 Å². The minimum absolute atomic E-state index is 0.0105. The van der Waals surface area contributed by atoms with Gasteiger partial charge < -0.3 is 15.5 Å². The molecule has 0 spiro atoms. The van der Waals surface area contributed by atoms with Crippen molar-refractivity contribution < 1.29 is 16.4 Å². The molecule has 0 saturated heterocycles. The number of aliphatic carboxylic acids is 1. The zero-order valence-electron chi connectivity index (χ0n) is 6.71. The number of nitrogens with one attached hydrogen (secondary N) is 1. The number of hydrogen-bond acceptors (Lipinski definition) is 3. The van der Waals surface area contributed by atoms with E-state index in [1.807, 2.05) is 0 Å². The van der Waals surface area contributed by atoms with Gasteiger partial charge >= 0.3 is 5.97 Å². The van der Waals surface area contributed by atoms with Crippen molar-refractivity contribution in [1.29, 1.82) is 0 Å². The van der Waals surface area contributed by atoms with E-state index in [2.05, 4.69) is 5.32 Å². The number of likely N-dealkylation sites (N-methyl/N-ethyl adjacent to an activating group) is 1. The van der Waals surface area contributed by atoms with Gasteiger partial charge in [-0.2, -0.15) is 0 Å². The van der Waals surface area contributed by atoms with Gasteiger partial charge in [0.1, 0.15) is 6.04 Å². The minimum atomic E-state index is -0.967. The first-order valence-electron chi connectivity index (χ1n) is 3.79. The Labute approximate surface area is 61.3 Å². The maximum absolute atomic E-state index is 10.4. The van der Waals surface area contributed by atoms with Gasteiger partial charge in [0.15, 0.2) is 0 Å². The standard InChI is InChI=1S/C6H13NO3/c1-7-5(6(9)10)3-2-4-8/h5,7-8H,2-4H2,1H3,(H,9,10)/t5-/m0/s1/i1D. The third-order valence-electron chi connectivity index (χ3n) is 1.20. The Hall–Kier alpha value is -0.610. The Morgan fingerprint density at radius 3 is 3.00 bits per heavy atom. The number of carbonyl (C=O) groups is 1. The Balaban J connectivity index is 3.60. The number of carboxylic acid groups (broad SMARTS) is 1. The molecule has 0 aliphatic rings. The monoisotopic (exact) mass is 148 g/mol. The Bertz CT molecular complexity index is 120. The van der Waals surface area contributed by atoms with E-state index in [9.17, 15) is 4.79 Å². The van der Waals surface area contributed by atoms with Crippen LogP contribution >= 0.6 is 0 Å². The van der Waals surface area contributed by atoms with Gasteiger partial charge in [0.05, 0.1) is 0 Å². The molecule has 60 valence electrons. The maximum Gasteiger partial charge on any atom is 0.320 e. The van der Waals surface area contributed by atoms with E-state index >= 15 is 0 Å². The van der Waals surface area contributed by atoms with Crippen LogP contribution in [0.15, 0.2) is 0 Å². The number of aliphatic hydroxyl groups is 1. The normalized spacial score (nSPS) is 14.3. The van der Waals surface area contributed by atoms with Gasteiger partial charge in [-0.1, -0.05) is 0 Å². The van der Waals surface area contributed by atoms with Crippen LogP contribution in [0.5, 0.6) is 0 Å². The Morgan fingerprint density at radius 1 is 1.90 bits per heavy atom. The third kappa shape index (κ3) is 3.42. The summed E-state index contributed by atoms with van der Waals surface area (Å²) in [6.45, 7) is -0.0105. The molecule has 0 bridgehead atoms. The lowest BCUT2D eigenvalue weighted by Crippen LogP contribution is -2.33. The Kier molecular flexibility index (Phi) is 3.90. The molecule has 0 unspecified atom stereocenters. The SMILES string of the molecule is [2H]CN[C@@H](CCCO)C(=O)O. The molecular weight excluding hydrogens is 134 g/mol. The van der Waals surface area contributed by atoms with E-state index in [1.54, 1.807) is 0 Å². The van der Waals surface area contributed by atoms with Crippen molar-refractivity contribution in [3.8, 4) is 0 Å². The highest BCUT2D eigenvalue weighted by Gasteiger charge is 2.12. The van der Waals surface area contributed by atoms with Crippen molar-refractivity contribution in [2.24, 2.45) is 0 Å². The summed E-state index contributed by atoms with van der Waals surface area (Å²) in [5, 5.41) is 19.4. The average Bonchev–Trinajstić information content (AvgIpc) is 1.97. The van der Waals surface area contributed by atoms with Crippen molar-refractivity contribution in [2.45, 2.75) is 18.9 Å². The third-order valence-corrected chi connectivity index (χ3v) is 1.20. The number of rotatable bonds is 5. The van der Waals surface area contributed by atoms with E-state index in [1.165, 1.54) is 0 Å². The van der Waals surface area contributed by atoms with E-state index in [0.717, 1.165) is 0 Å². The summed E-state index contributed by atoms with van der Waals surface area (Å²) < 4.78 is 6.72. The molecule has 10 heavy (non-hydrogen) atoms. The van der Waals surface area contributed by atoms with E-state index in [0.29, 0.717) is 12.8 Å². The molecule has 0 aliphatic carbocycles. The summed E-state index contributed by atoms with van der Waals surface area (Å²) in [5.74, 6) is -0.967. The topological polar surface area (TPSA) is 69.6 Å². The molecule has 0 fully saturated rings. The molecule has 0 heterocycles. The zero-order chi connectivity index (χ0) is 8.69. The second-order valence-corrected chi connectivity index (χ2v) is 1.96. The molecule has 0 aromatic heterocycles. The van der Waals surface area contributed by atoms with Gasteiger partial charge in [-0.15, -0.1) is 0 Å². The lowest BCUT2D eigenvalue weighted by Gasteiger charge is -2.08. The fourth-order valence-corrected chi connectivity index (χ4v) is 0.608. The van der Waals surface area contributed by atoms with Gasteiger partial charge in [0, 0.05) is 7.98 Å². The van der Waals surface area contributed by atoms with E-state index in [-0.39, 0.29) is 13.6 Å². The molecular formula is C6H13NO3. The molecule has 1 atom stereocenters. The first-order chi connectivity index (χ1) is 5.22. The molecule has 4 nitrogen and oxygen atoms in total. The molecule has 4 heteroatoms. The summed E-state index contributed by atoms with van der Waals surface area (Å²) in [4.78, 5) is 10.4. The summed E-state index contributed by atoms with van der Waals surface area (Å²) in [6.07, 6.45) is 0.814. The summed E-state index contributed by atoms with van der Waals surface area (Å²) in [5.41, 5.74) is 0. The molecule has 3 N–H and O–H groups in total. The van der Waals surface area contributed by atoms with Crippen molar-refractivity contribution >= 4 is 5.97 Å². The lowest BCUT2D eigenvalue weighted by atomic mass is 10.2. The largest absolute Gasteiger partial charge is 0.480 e. The van der Waals surface area contributed by atoms with Crippen LogP contribution in [0.4, 0.5) is 0 Å². The lowest BCUT2D eigenvalue weighted by molar-refractivity contribution is -0.139. The summed E-state index contributed by atoms with van der Waals surface area (Å²) >= 11 is 0. The van der Waals surface area contributed by atoms with Gasteiger partial charge in [0.2, 0.25) is 0 Å². The number of aliphatic hydroxyl groups excluding tert-OH is 1. The van der Waals surface area contributed by atoms with Crippen LogP contribution < -0.4 is 5.32 Å². The van der Waals surface area contributed by atoms with Crippen LogP contribution in [0.25, 0.3) is 0 Å². The first-order valence-corrected chi connectivity index (χ1v) is 3.08. The van der Waals surface area contributed by atoms with Crippen molar-refractivity contribution in [3.05, 3.63) is 0 Å². The molecule has 0 rings (SSSR count). The van der Waals surface area contributed by atoms with Crippen molar-refractivity contribution in [2.75, 3.05) is 13.6 Å². The quantitative estimate of drug-likeness (QED) is 0.488. The molecule has 0 aromatic rings. The van der Waals surface area contributed by atoms with Gasteiger partial charge in [-0.05, 0) is 19.9 Å². The Morgan fingerprint density at radius 2 is 2.60 bits per heavy atom. The van der Waals surface area contributed by atoms with Crippen LogP contribution in [0.1, 0.15) is 14.2 Å². The van der Waals surface area contributed by atoms with Crippen molar-refractivity contribution in [1.82, 2.24) is 5.32 Å². The van der Waals surface area contributed by atoms with Crippen LogP contribution in [0.2, 0.25) is 0 Å². The molecule has 0 aliphatic heterocycles. The van der Waals surface area contributed by atoms with Gasteiger partial charge in [0.25, 0.3) is 0 Å². The van der Waals surface area contributed by atoms with Crippen LogP contribution in [-0.4, -0.2) is 35.9 Å². The molecule has 0 amide bonds. The molecule has 0 radical (unpaired) electrons. The minimum Gasteiger partial charge on any atom is -0.480 e. The van der Waals surface area contributed by atoms with Crippen LogP contribution in [-0.2, 0) is 4.79 Å². The average molecular weight is 148 g/mol. The van der Waals surface area contributed by atoms with Gasteiger partial charge in [-0.3, -0.25) is 4.79 Å². The van der Waals surface area contributed by atoms with Crippen molar-refractivity contribution in [3.63, 3.8) is 0 Å². The first kappa shape index (κ1) is 7.50. The highest BCUT2D eigenvalue weighted by Crippen LogP contribution is 1.94. The summed E-state index contributed by atoms with van der Waals surface area (Å²) in [6, 6.07) is -0.695. The highest BCUT2D eigenvalue weighted by atomic mass is 16.4. The molecule has 0 aromatic carbocycles. The fraction of sp³-hybridized carbons (Fsp3) is 0.833. The second kappa shape index (κ2) is 5.20. The summed E-state index contributed by atoms with van der Waals surface area (Å²) in [7, 11) is -0.109. The number of carboxylic acids is 1. The highest BCUT2D eigenvalue weighted by molar-refractivity contribution is 5.73. The zero-order valence-corrected chi connectivity index (χ0v) is 5.71.